The van der Waals surface area contributed by atoms with Crippen LogP contribution in [0.1, 0.15) is 31.9 Å². The van der Waals surface area contributed by atoms with Gasteiger partial charge in [0.2, 0.25) is 0 Å². The van der Waals surface area contributed by atoms with Crippen LogP contribution in [0.2, 0.25) is 19.6 Å². The van der Waals surface area contributed by atoms with E-state index in [2.05, 4.69) is 131 Å². The normalized spacial score (nSPS) is 11.6. The van der Waals surface area contributed by atoms with E-state index in [1.54, 1.807) is 0 Å². The summed E-state index contributed by atoms with van der Waals surface area (Å²) >= 11 is 1.82. The fraction of sp³-hybridized carbons (Fsp3) is 0.209. The molecule has 245 valence electrons. The molecule has 0 saturated carbocycles. The maximum absolute atomic E-state index is 4.71. The third-order valence-electron chi connectivity index (χ3n) is 8.24. The smallest absolute Gasteiger partial charge is 0.0798 e. The molecular weight excluding hydrogens is 797 g/mol. The Labute approximate surface area is 304 Å². The summed E-state index contributed by atoms with van der Waals surface area (Å²) < 4.78 is 2.55. The molecule has 48 heavy (non-hydrogen) atoms. The molecule has 0 amide bonds. The van der Waals surface area contributed by atoms with E-state index in [4.69, 9.17) is 4.98 Å². The minimum Gasteiger partial charge on any atom is -0.305 e. The predicted octanol–water partition coefficient (Wildman–Crippen LogP) is 11.6. The van der Waals surface area contributed by atoms with Gasteiger partial charge in [0, 0.05) is 37.2 Å². The van der Waals surface area contributed by atoms with Gasteiger partial charge in [0.15, 0.2) is 0 Å². The first kappa shape index (κ1) is 35.6. The summed E-state index contributed by atoms with van der Waals surface area (Å²) in [6, 6.07) is 42.7. The Morgan fingerprint density at radius 2 is 1.48 bits per heavy atom. The van der Waals surface area contributed by atoms with Crippen molar-refractivity contribution in [1.29, 1.82) is 0 Å². The van der Waals surface area contributed by atoms with E-state index >= 15 is 0 Å². The Kier molecular flexibility index (Phi) is 11.0. The molecule has 5 heteroatoms. The summed E-state index contributed by atoms with van der Waals surface area (Å²) in [5.74, 6) is 0. The van der Waals surface area contributed by atoms with Crippen LogP contribution in [-0.4, -0.2) is 18.0 Å². The standard InChI is InChI=1S/C24H16NS.C19H26NSi.Ir/c1-16-8-10-17(11-9-16)18-12-13-19-20-5-4-6-21(22-7-2-3-14-25-22)24(20)26-23(19)15-18;1-19(2,3)13-16-12-17(15-10-8-7-9-11-15)20-14-18(16)21(4,5)6;/h2-5,7-15H,1H3;7-10,12,14H,13H2,1-6H3;/q2*-1;. The van der Waals surface area contributed by atoms with Gasteiger partial charge in [0.05, 0.1) is 8.07 Å². The van der Waals surface area contributed by atoms with Gasteiger partial charge in [0.25, 0.3) is 0 Å². The zero-order valence-electron chi connectivity index (χ0n) is 28.8. The average Bonchev–Trinajstić information content (AvgIpc) is 3.43. The third-order valence-corrected chi connectivity index (χ3v) is 11.5. The van der Waals surface area contributed by atoms with Crippen LogP contribution in [-0.2, 0) is 26.5 Å². The molecule has 4 aromatic carbocycles. The number of nitrogens with zero attached hydrogens (tertiary/aromatic N) is 2. The SMILES string of the molecule is CC(C)(C)Cc1cc(-c2[c-]cccc2)ncc1[Si](C)(C)C.Cc1ccc(-c2ccc3c(c2)sc2c(-c4ccccn4)[c-]ccc23)cc1.[Ir]. The van der Waals surface area contributed by atoms with Gasteiger partial charge in [0.1, 0.15) is 0 Å². The van der Waals surface area contributed by atoms with E-state index < -0.39 is 8.07 Å². The molecule has 0 saturated heterocycles. The van der Waals surface area contributed by atoms with Crippen LogP contribution in [0.15, 0.2) is 116 Å². The molecule has 0 N–H and O–H groups in total. The molecule has 7 aromatic rings. The summed E-state index contributed by atoms with van der Waals surface area (Å²) in [4.78, 5) is 9.23. The second-order valence-corrected chi connectivity index (χ2v) is 20.6. The first-order valence-electron chi connectivity index (χ1n) is 16.3. The summed E-state index contributed by atoms with van der Waals surface area (Å²) in [5, 5.41) is 4.06. The topological polar surface area (TPSA) is 25.8 Å². The first-order chi connectivity index (χ1) is 22.5. The average molecular weight is 839 g/mol. The maximum atomic E-state index is 4.71. The number of benzene rings is 4. The van der Waals surface area contributed by atoms with Crippen molar-refractivity contribution in [2.75, 3.05) is 0 Å². The van der Waals surface area contributed by atoms with Gasteiger partial charge in [-0.3, -0.25) is 0 Å². The Morgan fingerprint density at radius 3 is 2.15 bits per heavy atom. The van der Waals surface area contributed by atoms with Crippen LogP contribution in [0.5, 0.6) is 0 Å². The largest absolute Gasteiger partial charge is 0.305 e. The fourth-order valence-electron chi connectivity index (χ4n) is 5.96. The summed E-state index contributed by atoms with van der Waals surface area (Å²) in [6.07, 6.45) is 5.04. The van der Waals surface area contributed by atoms with Gasteiger partial charge < -0.3 is 9.97 Å². The van der Waals surface area contributed by atoms with E-state index in [-0.39, 0.29) is 25.5 Å². The molecule has 0 aliphatic heterocycles. The number of hydrogen-bond acceptors (Lipinski definition) is 3. The Morgan fingerprint density at radius 1 is 0.729 bits per heavy atom. The molecule has 0 spiro atoms. The van der Waals surface area contributed by atoms with Crippen molar-refractivity contribution in [2.24, 2.45) is 5.41 Å². The molecule has 3 heterocycles. The third kappa shape index (κ3) is 8.27. The van der Waals surface area contributed by atoms with Crippen molar-refractivity contribution in [3.8, 4) is 33.6 Å². The van der Waals surface area contributed by atoms with Crippen molar-refractivity contribution >= 4 is 44.8 Å². The van der Waals surface area contributed by atoms with E-state index in [1.165, 1.54) is 47.6 Å². The quantitative estimate of drug-likeness (QED) is 0.127. The van der Waals surface area contributed by atoms with Crippen LogP contribution < -0.4 is 5.19 Å². The van der Waals surface area contributed by atoms with Crippen LogP contribution in [0.4, 0.5) is 0 Å². The van der Waals surface area contributed by atoms with E-state index in [9.17, 15) is 0 Å². The van der Waals surface area contributed by atoms with Gasteiger partial charge in [-0.2, -0.15) is 11.3 Å². The molecule has 1 radical (unpaired) electrons. The second kappa shape index (κ2) is 14.8. The van der Waals surface area contributed by atoms with Gasteiger partial charge in [-0.05, 0) is 68.7 Å². The van der Waals surface area contributed by atoms with Gasteiger partial charge in [-0.15, -0.1) is 59.7 Å². The molecule has 7 rings (SSSR count). The van der Waals surface area contributed by atoms with Crippen LogP contribution in [0, 0.1) is 24.5 Å². The number of thiophene rings is 1. The zero-order chi connectivity index (χ0) is 33.2. The van der Waals surface area contributed by atoms with Crippen molar-refractivity contribution in [3.05, 3.63) is 139 Å². The summed E-state index contributed by atoms with van der Waals surface area (Å²) in [5.41, 5.74) is 9.72. The number of aryl methyl sites for hydroxylation is 1. The van der Waals surface area contributed by atoms with Crippen molar-refractivity contribution in [1.82, 2.24) is 9.97 Å². The van der Waals surface area contributed by atoms with Crippen molar-refractivity contribution in [3.63, 3.8) is 0 Å². The minimum absolute atomic E-state index is 0. The number of aromatic nitrogens is 2. The van der Waals surface area contributed by atoms with Crippen LogP contribution in [0.25, 0.3) is 53.8 Å². The molecule has 3 aromatic heterocycles. The Bertz CT molecular complexity index is 2130. The second-order valence-electron chi connectivity index (χ2n) is 14.5. The molecule has 0 atom stereocenters. The molecule has 0 unspecified atom stereocenters. The van der Waals surface area contributed by atoms with Crippen LogP contribution >= 0.6 is 11.3 Å². The Hall–Kier alpha value is -3.73. The molecule has 0 fully saturated rings. The molecule has 0 bridgehead atoms. The number of hydrogen-bond donors (Lipinski definition) is 0. The molecule has 0 aliphatic rings. The molecular formula is C43H42IrN2SSi-2. The number of pyridine rings is 2. The number of rotatable bonds is 5. The van der Waals surface area contributed by atoms with Gasteiger partial charge in [-0.1, -0.05) is 112 Å². The maximum Gasteiger partial charge on any atom is 0.0798 e. The van der Waals surface area contributed by atoms with E-state index in [0.717, 1.165) is 28.9 Å². The van der Waals surface area contributed by atoms with Crippen LogP contribution in [0.3, 0.4) is 0 Å². The molecule has 0 aliphatic carbocycles. The first-order valence-corrected chi connectivity index (χ1v) is 20.6. The zero-order valence-corrected chi connectivity index (χ0v) is 33.0. The van der Waals surface area contributed by atoms with Gasteiger partial charge in [-0.25, -0.2) is 0 Å². The van der Waals surface area contributed by atoms with Crippen molar-refractivity contribution in [2.45, 2.75) is 53.8 Å². The van der Waals surface area contributed by atoms with E-state index in [0.29, 0.717) is 0 Å². The minimum atomic E-state index is -1.37. The molecule has 2 nitrogen and oxygen atoms in total. The Balaban J connectivity index is 0.000000189. The summed E-state index contributed by atoms with van der Waals surface area (Å²) in [6.45, 7) is 16.2. The van der Waals surface area contributed by atoms with Gasteiger partial charge >= 0.3 is 0 Å². The fourth-order valence-corrected chi connectivity index (χ4v) is 8.78. The van der Waals surface area contributed by atoms with E-state index in [1.807, 2.05) is 60.0 Å². The van der Waals surface area contributed by atoms with Crippen molar-refractivity contribution < 1.29 is 20.1 Å². The summed E-state index contributed by atoms with van der Waals surface area (Å²) in [7, 11) is -1.37. The predicted molar refractivity (Wildman–Crippen MR) is 206 cm³/mol. The number of fused-ring (bicyclic) bond motifs is 3. The monoisotopic (exact) mass is 839 g/mol.